The summed E-state index contributed by atoms with van der Waals surface area (Å²) in [5.41, 5.74) is 0.145. The highest BCUT2D eigenvalue weighted by molar-refractivity contribution is 7.71. The van der Waals surface area contributed by atoms with Gasteiger partial charge in [0.2, 0.25) is 0 Å². The van der Waals surface area contributed by atoms with E-state index in [4.69, 9.17) is 12.2 Å². The normalized spacial score (nSPS) is 11.4. The molecule has 2 N–H and O–H groups in total. The number of rotatable bonds is 11. The van der Waals surface area contributed by atoms with E-state index in [0.717, 1.165) is 12.8 Å². The van der Waals surface area contributed by atoms with Gasteiger partial charge in [-0.25, -0.2) is 4.79 Å². The zero-order valence-corrected chi connectivity index (χ0v) is 16.2. The minimum atomic E-state index is -0.431. The Morgan fingerprint density at radius 2 is 1.44 bits per heavy atom. The van der Waals surface area contributed by atoms with E-state index < -0.39 is 5.69 Å². The molecule has 2 heterocycles. The Hall–Kier alpha value is -1.63. The van der Waals surface area contributed by atoms with Crippen molar-refractivity contribution in [2.45, 2.75) is 77.7 Å². The average Bonchev–Trinajstić information content (AvgIpc) is 2.92. The molecule has 0 fully saturated rings. The van der Waals surface area contributed by atoms with Crippen LogP contribution in [0.1, 0.15) is 71.1 Å². The van der Waals surface area contributed by atoms with Crippen molar-refractivity contribution >= 4 is 23.4 Å². The molecule has 0 radical (unpaired) electrons. The van der Waals surface area contributed by atoms with E-state index in [1.165, 1.54) is 55.9 Å². The zero-order valence-electron chi connectivity index (χ0n) is 15.4. The number of H-pyrrole nitrogens is 2. The van der Waals surface area contributed by atoms with Gasteiger partial charge in [0.1, 0.15) is 5.65 Å². The minimum absolute atomic E-state index is 0.377. The van der Waals surface area contributed by atoms with Crippen LogP contribution in [0.5, 0.6) is 0 Å². The van der Waals surface area contributed by atoms with Gasteiger partial charge >= 0.3 is 5.69 Å². The summed E-state index contributed by atoms with van der Waals surface area (Å²) in [7, 11) is 1.62. The lowest BCUT2D eigenvalue weighted by Crippen LogP contribution is -2.29. The number of hydrogen-bond donors (Lipinski definition) is 2. The van der Waals surface area contributed by atoms with Crippen LogP contribution in [0.15, 0.2) is 9.59 Å². The molecule has 0 amide bonds. The molecule has 0 bridgehead atoms. The first-order valence-corrected chi connectivity index (χ1v) is 9.89. The van der Waals surface area contributed by atoms with Gasteiger partial charge in [-0.1, -0.05) is 64.7 Å². The number of nitrogens with one attached hydrogen (secondary N) is 2. The zero-order chi connectivity index (χ0) is 18.2. The predicted molar refractivity (Wildman–Crippen MR) is 105 cm³/mol. The molecule has 0 saturated carbocycles. The third-order valence-electron chi connectivity index (χ3n) is 4.78. The molecule has 6 nitrogen and oxygen atoms in total. The Kier molecular flexibility index (Phi) is 7.68. The van der Waals surface area contributed by atoms with Crippen molar-refractivity contribution in [3.63, 3.8) is 0 Å². The molecule has 0 aliphatic heterocycles. The summed E-state index contributed by atoms with van der Waals surface area (Å²) >= 11 is 5.32. The van der Waals surface area contributed by atoms with Crippen LogP contribution < -0.4 is 11.2 Å². The Morgan fingerprint density at radius 1 is 0.880 bits per heavy atom. The van der Waals surface area contributed by atoms with E-state index in [2.05, 4.69) is 16.9 Å². The van der Waals surface area contributed by atoms with Crippen LogP contribution in [0, 0.1) is 4.77 Å². The first-order valence-electron chi connectivity index (χ1n) is 9.48. The second-order valence-electron chi connectivity index (χ2n) is 6.78. The Morgan fingerprint density at radius 3 is 2.04 bits per heavy atom. The third-order valence-corrected chi connectivity index (χ3v) is 5.10. The van der Waals surface area contributed by atoms with Crippen molar-refractivity contribution in [2.24, 2.45) is 7.05 Å². The minimum Gasteiger partial charge on any atom is -0.316 e. The number of aryl methyl sites for hydroxylation is 2. The van der Waals surface area contributed by atoms with E-state index >= 15 is 0 Å². The molecule has 25 heavy (non-hydrogen) atoms. The maximum absolute atomic E-state index is 12.1. The van der Waals surface area contributed by atoms with E-state index in [1.54, 1.807) is 7.05 Å². The Labute approximate surface area is 153 Å². The second kappa shape index (κ2) is 9.75. The molecular formula is C18H30N4O2S. The molecule has 7 heteroatoms. The van der Waals surface area contributed by atoms with Crippen molar-refractivity contribution < 1.29 is 0 Å². The predicted octanol–water partition coefficient (Wildman–Crippen LogP) is 4.01. The number of hydrogen-bond acceptors (Lipinski definition) is 3. The standard InChI is InChI=1S/C18H30N4O2S/c1-3-4-5-6-7-8-9-10-11-12-13-22-14-15(19-18(22)25)21(2)17(24)20-16(14)23/h3-13H2,1-2H3,(H,19,25)(H,20,23,24). The smallest absolute Gasteiger partial charge is 0.316 e. The highest BCUT2D eigenvalue weighted by Gasteiger charge is 2.12. The maximum atomic E-state index is 12.1. The topological polar surface area (TPSA) is 75.6 Å². The number of aromatic amines is 2. The molecule has 0 atom stereocenters. The number of aromatic nitrogens is 4. The number of fused-ring (bicyclic) bond motifs is 1. The van der Waals surface area contributed by atoms with Gasteiger partial charge in [0, 0.05) is 13.6 Å². The van der Waals surface area contributed by atoms with E-state index in [-0.39, 0.29) is 5.56 Å². The molecule has 0 spiro atoms. The number of imidazole rings is 1. The summed E-state index contributed by atoms with van der Waals surface area (Å²) in [5.74, 6) is 0. The van der Waals surface area contributed by atoms with E-state index in [9.17, 15) is 9.59 Å². The lowest BCUT2D eigenvalue weighted by Gasteiger charge is -2.05. The maximum Gasteiger partial charge on any atom is 0.329 e. The second-order valence-corrected chi connectivity index (χ2v) is 7.17. The SMILES string of the molecule is CCCCCCCCCCCCn1c(=S)[nH]c2c1c(=O)[nH]c(=O)n2C. The first kappa shape index (κ1) is 19.7. The molecule has 0 aliphatic carbocycles. The van der Waals surface area contributed by atoms with Crippen LogP contribution in [0.3, 0.4) is 0 Å². The van der Waals surface area contributed by atoms with Gasteiger partial charge in [0.25, 0.3) is 5.56 Å². The Bertz CT molecular complexity index is 843. The largest absolute Gasteiger partial charge is 0.329 e. The Balaban J connectivity index is 1.81. The van der Waals surface area contributed by atoms with Crippen LogP contribution in [0.4, 0.5) is 0 Å². The first-order chi connectivity index (χ1) is 12.1. The van der Waals surface area contributed by atoms with E-state index in [0.29, 0.717) is 22.5 Å². The summed E-state index contributed by atoms with van der Waals surface area (Å²) in [5, 5.41) is 0. The number of nitrogens with zero attached hydrogens (tertiary/aromatic N) is 2. The summed E-state index contributed by atoms with van der Waals surface area (Å²) in [6.45, 7) is 2.95. The fourth-order valence-corrected chi connectivity index (χ4v) is 3.52. The molecule has 0 aromatic carbocycles. The summed E-state index contributed by atoms with van der Waals surface area (Å²) in [6.07, 6.45) is 12.7. The van der Waals surface area contributed by atoms with Crippen LogP contribution in [-0.4, -0.2) is 19.1 Å². The summed E-state index contributed by atoms with van der Waals surface area (Å²) in [6, 6.07) is 0. The van der Waals surface area contributed by atoms with Crippen molar-refractivity contribution in [3.05, 3.63) is 25.6 Å². The lowest BCUT2D eigenvalue weighted by molar-refractivity contribution is 0.536. The molecule has 2 aromatic rings. The van der Waals surface area contributed by atoms with Crippen LogP contribution in [0.2, 0.25) is 0 Å². The van der Waals surface area contributed by atoms with Gasteiger partial charge < -0.3 is 9.55 Å². The summed E-state index contributed by atoms with van der Waals surface area (Å²) < 4.78 is 3.70. The fourth-order valence-electron chi connectivity index (χ4n) is 3.24. The van der Waals surface area contributed by atoms with Gasteiger partial charge in [-0.3, -0.25) is 14.3 Å². The van der Waals surface area contributed by atoms with Gasteiger partial charge in [-0.2, -0.15) is 0 Å². The van der Waals surface area contributed by atoms with Crippen molar-refractivity contribution in [2.75, 3.05) is 0 Å². The molecular weight excluding hydrogens is 336 g/mol. The highest BCUT2D eigenvalue weighted by Crippen LogP contribution is 2.13. The molecule has 2 aromatic heterocycles. The van der Waals surface area contributed by atoms with Crippen molar-refractivity contribution in [1.82, 2.24) is 19.1 Å². The van der Waals surface area contributed by atoms with Gasteiger partial charge in [-0.15, -0.1) is 0 Å². The van der Waals surface area contributed by atoms with Crippen LogP contribution in [0.25, 0.3) is 11.2 Å². The van der Waals surface area contributed by atoms with E-state index in [1.807, 2.05) is 4.57 Å². The summed E-state index contributed by atoms with van der Waals surface area (Å²) in [4.78, 5) is 29.1. The van der Waals surface area contributed by atoms with Gasteiger partial charge in [0.15, 0.2) is 10.3 Å². The highest BCUT2D eigenvalue weighted by atomic mass is 32.1. The molecule has 0 aliphatic rings. The average molecular weight is 367 g/mol. The van der Waals surface area contributed by atoms with Crippen LogP contribution in [-0.2, 0) is 13.6 Å². The van der Waals surface area contributed by atoms with Gasteiger partial charge in [-0.05, 0) is 18.6 Å². The monoisotopic (exact) mass is 366 g/mol. The molecule has 2 rings (SSSR count). The van der Waals surface area contributed by atoms with Crippen LogP contribution >= 0.6 is 12.2 Å². The van der Waals surface area contributed by atoms with Gasteiger partial charge in [0.05, 0.1) is 0 Å². The third kappa shape index (κ3) is 5.17. The molecule has 0 unspecified atom stereocenters. The quantitative estimate of drug-likeness (QED) is 0.466. The van der Waals surface area contributed by atoms with Crippen molar-refractivity contribution in [1.29, 1.82) is 0 Å². The fraction of sp³-hybridized carbons (Fsp3) is 0.722. The van der Waals surface area contributed by atoms with Crippen molar-refractivity contribution in [3.8, 4) is 0 Å². The molecule has 140 valence electrons. The molecule has 0 saturated heterocycles. The lowest BCUT2D eigenvalue weighted by atomic mass is 10.1. The number of unbranched alkanes of at least 4 members (excludes halogenated alkanes) is 9.